The zero-order chi connectivity index (χ0) is 18.6. The van der Waals surface area contributed by atoms with E-state index in [0.717, 1.165) is 5.56 Å². The van der Waals surface area contributed by atoms with E-state index in [9.17, 15) is 13.8 Å². The van der Waals surface area contributed by atoms with E-state index in [2.05, 4.69) is 9.68 Å². The maximum Gasteiger partial charge on any atom is 0.341 e. The Morgan fingerprint density at radius 3 is 2.12 bits per heavy atom. The van der Waals surface area contributed by atoms with Crippen LogP contribution in [-0.4, -0.2) is 27.5 Å². The van der Waals surface area contributed by atoms with E-state index in [0.29, 0.717) is 15.0 Å². The molecule has 0 fully saturated rings. The SMILES string of the molecule is CN=S(=O)(c1ccc(C)cc1)N(C(C)=O)C(=O)Nc1ccc(Cl)cc1. The number of amides is 3. The molecule has 25 heavy (non-hydrogen) atoms. The minimum Gasteiger partial charge on any atom is -0.307 e. The van der Waals surface area contributed by atoms with E-state index in [1.807, 2.05) is 6.92 Å². The molecule has 2 rings (SSSR count). The number of halogens is 1. The van der Waals surface area contributed by atoms with E-state index in [4.69, 9.17) is 11.6 Å². The van der Waals surface area contributed by atoms with Crippen molar-refractivity contribution in [1.29, 1.82) is 0 Å². The molecular formula is C17H18ClN3O3S. The molecule has 0 saturated carbocycles. The van der Waals surface area contributed by atoms with Gasteiger partial charge in [0.05, 0.1) is 4.90 Å². The summed E-state index contributed by atoms with van der Waals surface area (Å²) in [5.41, 5.74) is 1.38. The number of urea groups is 1. The number of carbonyl (C=O) groups is 2. The highest BCUT2D eigenvalue weighted by atomic mass is 35.5. The molecule has 0 saturated heterocycles. The molecule has 3 amide bonds. The van der Waals surface area contributed by atoms with Gasteiger partial charge in [0.1, 0.15) is 0 Å². The molecule has 1 N–H and O–H groups in total. The van der Waals surface area contributed by atoms with Crippen molar-refractivity contribution in [3.63, 3.8) is 0 Å². The fraction of sp³-hybridized carbons (Fsp3) is 0.176. The summed E-state index contributed by atoms with van der Waals surface area (Å²) in [7, 11) is -2.11. The largest absolute Gasteiger partial charge is 0.341 e. The number of hydrogen-bond donors (Lipinski definition) is 1. The predicted octanol–water partition coefficient (Wildman–Crippen LogP) is 4.10. The highest BCUT2D eigenvalue weighted by Gasteiger charge is 2.31. The first-order valence-corrected chi connectivity index (χ1v) is 9.22. The van der Waals surface area contributed by atoms with Crippen LogP contribution in [0.3, 0.4) is 0 Å². The Balaban J connectivity index is 2.42. The van der Waals surface area contributed by atoms with Crippen molar-refractivity contribution in [3.8, 4) is 0 Å². The van der Waals surface area contributed by atoms with Crippen LogP contribution >= 0.6 is 11.6 Å². The van der Waals surface area contributed by atoms with Gasteiger partial charge >= 0.3 is 6.03 Å². The lowest BCUT2D eigenvalue weighted by Gasteiger charge is -2.23. The van der Waals surface area contributed by atoms with Crippen LogP contribution in [0.5, 0.6) is 0 Å². The lowest BCUT2D eigenvalue weighted by molar-refractivity contribution is -0.122. The monoisotopic (exact) mass is 379 g/mol. The Morgan fingerprint density at radius 2 is 1.64 bits per heavy atom. The number of benzene rings is 2. The Labute approximate surface area is 152 Å². The first-order chi connectivity index (χ1) is 11.8. The molecule has 2 aromatic carbocycles. The topological polar surface area (TPSA) is 78.8 Å². The highest BCUT2D eigenvalue weighted by molar-refractivity contribution is 7.92. The molecule has 1 unspecified atom stereocenters. The summed E-state index contributed by atoms with van der Waals surface area (Å²) in [4.78, 5) is 25.0. The normalized spacial score (nSPS) is 12.8. The molecule has 0 spiro atoms. The van der Waals surface area contributed by atoms with Gasteiger partial charge in [-0.05, 0) is 43.3 Å². The fourth-order valence-corrected chi connectivity index (χ4v) is 3.97. The lowest BCUT2D eigenvalue weighted by Crippen LogP contribution is -2.42. The fourth-order valence-electron chi connectivity index (χ4n) is 2.15. The van der Waals surface area contributed by atoms with Crippen molar-refractivity contribution in [2.45, 2.75) is 18.7 Å². The van der Waals surface area contributed by atoms with Crippen LogP contribution in [0.2, 0.25) is 5.02 Å². The summed E-state index contributed by atoms with van der Waals surface area (Å²) in [5.74, 6) is -0.678. The molecule has 0 radical (unpaired) electrons. The standard InChI is InChI=1S/C17H18ClN3O3S/c1-12-4-10-16(11-5-12)25(24,19-3)21(13(2)22)17(23)20-15-8-6-14(18)7-9-15/h4-11H,1-3H3,(H,20,23). The van der Waals surface area contributed by atoms with Gasteiger partial charge in [0.25, 0.3) is 0 Å². The Hall–Kier alpha value is -2.38. The summed E-state index contributed by atoms with van der Waals surface area (Å²) in [5, 5.41) is 3.05. The quantitative estimate of drug-likeness (QED) is 0.871. The van der Waals surface area contributed by atoms with E-state index in [1.165, 1.54) is 14.0 Å². The van der Waals surface area contributed by atoms with E-state index >= 15 is 0 Å². The number of aryl methyl sites for hydroxylation is 1. The van der Waals surface area contributed by atoms with Gasteiger partial charge in [-0.15, -0.1) is 0 Å². The molecule has 0 aliphatic heterocycles. The molecule has 0 aliphatic carbocycles. The lowest BCUT2D eigenvalue weighted by atomic mass is 10.2. The highest BCUT2D eigenvalue weighted by Crippen LogP contribution is 2.21. The molecule has 132 valence electrons. The van der Waals surface area contributed by atoms with Crippen molar-refractivity contribution >= 4 is 39.1 Å². The summed E-state index contributed by atoms with van der Waals surface area (Å²) in [6.07, 6.45) is 0. The van der Waals surface area contributed by atoms with Crippen LogP contribution in [0.25, 0.3) is 0 Å². The van der Waals surface area contributed by atoms with Crippen LogP contribution in [0.4, 0.5) is 10.5 Å². The number of nitrogens with zero attached hydrogens (tertiary/aromatic N) is 2. The van der Waals surface area contributed by atoms with Gasteiger partial charge in [-0.2, -0.15) is 4.31 Å². The van der Waals surface area contributed by atoms with Gasteiger partial charge < -0.3 is 5.32 Å². The molecule has 0 bridgehead atoms. The average molecular weight is 380 g/mol. The van der Waals surface area contributed by atoms with Crippen LogP contribution in [0.1, 0.15) is 12.5 Å². The zero-order valence-corrected chi connectivity index (χ0v) is 15.6. The van der Waals surface area contributed by atoms with Crippen LogP contribution in [0, 0.1) is 6.92 Å². The summed E-state index contributed by atoms with van der Waals surface area (Å²) >= 11 is 5.81. The van der Waals surface area contributed by atoms with Gasteiger partial charge in [0.15, 0.2) is 9.92 Å². The van der Waals surface area contributed by atoms with E-state index < -0.39 is 21.9 Å². The van der Waals surface area contributed by atoms with Crippen LogP contribution in [-0.2, 0) is 14.7 Å². The minimum atomic E-state index is -3.42. The van der Waals surface area contributed by atoms with Gasteiger partial charge in [0.2, 0.25) is 5.91 Å². The number of anilines is 1. The molecule has 0 aliphatic rings. The molecule has 0 aromatic heterocycles. The van der Waals surface area contributed by atoms with Crippen molar-refractivity contribution in [2.24, 2.45) is 4.36 Å². The third-order valence-corrected chi connectivity index (χ3v) is 5.94. The first-order valence-electron chi connectivity index (χ1n) is 7.37. The van der Waals surface area contributed by atoms with Gasteiger partial charge in [-0.25, -0.2) is 13.4 Å². The molecule has 0 heterocycles. The predicted molar refractivity (Wildman–Crippen MR) is 98.9 cm³/mol. The maximum atomic E-state index is 13.4. The molecule has 8 heteroatoms. The van der Waals surface area contributed by atoms with Crippen LogP contribution < -0.4 is 5.32 Å². The second kappa shape index (κ2) is 7.67. The minimum absolute atomic E-state index is 0.280. The molecule has 2 aromatic rings. The van der Waals surface area contributed by atoms with E-state index in [-0.39, 0.29) is 4.90 Å². The Kier molecular flexibility index (Phi) is 5.81. The van der Waals surface area contributed by atoms with E-state index in [1.54, 1.807) is 48.5 Å². The molecular weight excluding hydrogens is 362 g/mol. The van der Waals surface area contributed by atoms with Crippen LogP contribution in [0.15, 0.2) is 57.8 Å². The van der Waals surface area contributed by atoms with Crippen molar-refractivity contribution in [2.75, 3.05) is 12.4 Å². The zero-order valence-electron chi connectivity index (χ0n) is 14.0. The number of nitrogens with one attached hydrogen (secondary N) is 1. The van der Waals surface area contributed by atoms with Gasteiger partial charge in [-0.1, -0.05) is 29.3 Å². The van der Waals surface area contributed by atoms with Gasteiger partial charge in [-0.3, -0.25) is 4.79 Å². The average Bonchev–Trinajstić information content (AvgIpc) is 2.57. The Bertz CT molecular complexity index is 902. The van der Waals surface area contributed by atoms with Crippen molar-refractivity contribution < 1.29 is 13.8 Å². The first kappa shape index (κ1) is 19.0. The Morgan fingerprint density at radius 1 is 1.08 bits per heavy atom. The smallest absolute Gasteiger partial charge is 0.307 e. The number of rotatable bonds is 3. The number of carbonyl (C=O) groups excluding carboxylic acids is 2. The third-order valence-electron chi connectivity index (χ3n) is 3.39. The second-order valence-electron chi connectivity index (χ2n) is 5.24. The van der Waals surface area contributed by atoms with Crippen molar-refractivity contribution in [3.05, 3.63) is 59.1 Å². The number of hydrogen-bond acceptors (Lipinski definition) is 4. The van der Waals surface area contributed by atoms with Gasteiger partial charge in [0, 0.05) is 24.7 Å². The second-order valence-corrected chi connectivity index (χ2v) is 7.87. The summed E-state index contributed by atoms with van der Waals surface area (Å²) in [6.45, 7) is 3.05. The molecule has 6 nitrogen and oxygen atoms in total. The maximum absolute atomic E-state index is 13.4. The molecule has 1 atom stereocenters. The summed E-state index contributed by atoms with van der Waals surface area (Å²) < 4.78 is 17.9. The van der Waals surface area contributed by atoms with Crippen molar-refractivity contribution in [1.82, 2.24) is 4.31 Å². The summed E-state index contributed by atoms with van der Waals surface area (Å²) in [6, 6.07) is 12.2. The number of imide groups is 1. The third kappa shape index (κ3) is 4.18.